The molecule has 0 atom stereocenters. The molecular formula is C22H24FN5O. The fraction of sp³-hybridized carbons (Fsp3) is 0.318. The minimum Gasteiger partial charge on any atom is -0.496 e. The molecule has 0 saturated heterocycles. The number of benzene rings is 1. The highest BCUT2D eigenvalue weighted by Crippen LogP contribution is 2.29. The number of nitrogens with zero attached hydrogens (tertiary/aromatic N) is 5. The molecule has 1 aromatic carbocycles. The molecule has 29 heavy (non-hydrogen) atoms. The summed E-state index contributed by atoms with van der Waals surface area (Å²) in [6.07, 6.45) is 4.91. The lowest BCUT2D eigenvalue weighted by Crippen LogP contribution is -2.03. The van der Waals surface area contributed by atoms with Crippen LogP contribution in [0.5, 0.6) is 5.75 Å². The van der Waals surface area contributed by atoms with Gasteiger partial charge in [-0.1, -0.05) is 6.07 Å². The predicted molar refractivity (Wildman–Crippen MR) is 110 cm³/mol. The Labute approximate surface area is 169 Å². The van der Waals surface area contributed by atoms with Gasteiger partial charge in [-0.2, -0.15) is 5.10 Å². The molecule has 0 bridgehead atoms. The van der Waals surface area contributed by atoms with Crippen LogP contribution in [-0.4, -0.2) is 31.5 Å². The van der Waals surface area contributed by atoms with Gasteiger partial charge < -0.3 is 4.74 Å². The SMILES string of the molecule is COc1cccc(F)c1CCc1ccc(-c2cn(C(C)C)nc2C)c2nncn12. The Morgan fingerprint density at radius 1 is 1.10 bits per heavy atom. The van der Waals surface area contributed by atoms with E-state index in [-0.39, 0.29) is 11.9 Å². The summed E-state index contributed by atoms with van der Waals surface area (Å²) in [5.41, 5.74) is 5.34. The molecular weight excluding hydrogens is 369 g/mol. The lowest BCUT2D eigenvalue weighted by atomic mass is 10.0. The molecule has 6 nitrogen and oxygen atoms in total. The van der Waals surface area contributed by atoms with E-state index in [4.69, 9.17) is 4.74 Å². The molecule has 0 N–H and O–H groups in total. The Morgan fingerprint density at radius 2 is 1.93 bits per heavy atom. The normalized spacial score (nSPS) is 11.5. The zero-order chi connectivity index (χ0) is 20.5. The number of halogens is 1. The van der Waals surface area contributed by atoms with E-state index in [0.29, 0.717) is 24.2 Å². The van der Waals surface area contributed by atoms with Crippen molar-refractivity contribution in [1.29, 1.82) is 0 Å². The topological polar surface area (TPSA) is 57.2 Å². The van der Waals surface area contributed by atoms with Gasteiger partial charge in [0.2, 0.25) is 0 Å². The molecule has 0 spiro atoms. The van der Waals surface area contributed by atoms with E-state index in [0.717, 1.165) is 28.2 Å². The average molecular weight is 393 g/mol. The van der Waals surface area contributed by atoms with Gasteiger partial charge in [0.1, 0.15) is 17.9 Å². The molecule has 0 saturated carbocycles. The molecule has 7 heteroatoms. The monoisotopic (exact) mass is 393 g/mol. The third-order valence-electron chi connectivity index (χ3n) is 5.20. The maximum absolute atomic E-state index is 14.3. The fourth-order valence-electron chi connectivity index (χ4n) is 3.61. The lowest BCUT2D eigenvalue weighted by molar-refractivity contribution is 0.404. The number of methoxy groups -OCH3 is 1. The van der Waals surface area contributed by atoms with Gasteiger partial charge in [0, 0.05) is 34.6 Å². The number of rotatable bonds is 6. The second kappa shape index (κ2) is 7.66. The van der Waals surface area contributed by atoms with E-state index in [2.05, 4.69) is 29.1 Å². The van der Waals surface area contributed by atoms with Gasteiger partial charge in [0.15, 0.2) is 5.65 Å². The molecule has 0 unspecified atom stereocenters. The Kier molecular flexibility index (Phi) is 5.05. The van der Waals surface area contributed by atoms with Crippen LogP contribution >= 0.6 is 0 Å². The van der Waals surface area contributed by atoms with E-state index < -0.39 is 0 Å². The summed E-state index contributed by atoms with van der Waals surface area (Å²) in [6.45, 7) is 6.20. The Hall–Kier alpha value is -3.22. The van der Waals surface area contributed by atoms with Crippen LogP contribution in [0.4, 0.5) is 4.39 Å². The van der Waals surface area contributed by atoms with Crippen LogP contribution < -0.4 is 4.74 Å². The number of hydrogen-bond acceptors (Lipinski definition) is 4. The zero-order valence-corrected chi connectivity index (χ0v) is 17.1. The van der Waals surface area contributed by atoms with Gasteiger partial charge in [-0.25, -0.2) is 4.39 Å². The standard InChI is InChI=1S/C22H24FN5O/c1-14(2)28-12-19(15(3)26-28)17-10-8-16(27-13-24-25-22(17)27)9-11-18-20(23)6-5-7-21(18)29-4/h5-8,10,12-14H,9,11H2,1-4H3. The number of hydrogen-bond donors (Lipinski definition) is 0. The van der Waals surface area contributed by atoms with Crippen molar-refractivity contribution in [3.8, 4) is 16.9 Å². The first-order valence-electron chi connectivity index (χ1n) is 9.68. The smallest absolute Gasteiger partial charge is 0.168 e. The molecule has 3 heterocycles. The van der Waals surface area contributed by atoms with Gasteiger partial charge in [0.05, 0.1) is 12.8 Å². The van der Waals surface area contributed by atoms with Crippen LogP contribution in [0.25, 0.3) is 16.8 Å². The number of fused-ring (bicyclic) bond motifs is 1. The lowest BCUT2D eigenvalue weighted by Gasteiger charge is -2.11. The molecule has 0 fully saturated rings. The Balaban J connectivity index is 1.69. The molecule has 0 radical (unpaired) electrons. The highest BCUT2D eigenvalue weighted by molar-refractivity contribution is 5.78. The summed E-state index contributed by atoms with van der Waals surface area (Å²) in [4.78, 5) is 0. The van der Waals surface area contributed by atoms with E-state index in [1.807, 2.05) is 34.3 Å². The summed E-state index contributed by atoms with van der Waals surface area (Å²) in [7, 11) is 1.56. The second-order valence-corrected chi connectivity index (χ2v) is 7.39. The Bertz CT molecular complexity index is 1160. The van der Waals surface area contributed by atoms with Crippen LogP contribution in [-0.2, 0) is 12.8 Å². The van der Waals surface area contributed by atoms with E-state index >= 15 is 0 Å². The van der Waals surface area contributed by atoms with Gasteiger partial charge in [0.25, 0.3) is 0 Å². The quantitative estimate of drug-likeness (QED) is 0.487. The summed E-state index contributed by atoms with van der Waals surface area (Å²) in [5.74, 6) is 0.316. The van der Waals surface area contributed by atoms with Crippen molar-refractivity contribution in [2.45, 2.75) is 39.7 Å². The van der Waals surface area contributed by atoms with Crippen LogP contribution in [0.2, 0.25) is 0 Å². The van der Waals surface area contributed by atoms with Gasteiger partial charge in [-0.3, -0.25) is 9.08 Å². The van der Waals surface area contributed by atoms with Crippen molar-refractivity contribution >= 4 is 5.65 Å². The largest absolute Gasteiger partial charge is 0.496 e. The summed E-state index contributed by atoms with van der Waals surface area (Å²) < 4.78 is 23.5. The maximum Gasteiger partial charge on any atom is 0.168 e. The van der Waals surface area contributed by atoms with Crippen molar-refractivity contribution < 1.29 is 9.13 Å². The summed E-state index contributed by atoms with van der Waals surface area (Å²) in [6, 6.07) is 9.28. The van der Waals surface area contributed by atoms with Crippen molar-refractivity contribution in [2.75, 3.05) is 7.11 Å². The number of ether oxygens (including phenoxy) is 1. The van der Waals surface area contributed by atoms with Crippen molar-refractivity contribution in [2.24, 2.45) is 0 Å². The number of aromatic nitrogens is 5. The van der Waals surface area contributed by atoms with Crippen molar-refractivity contribution in [3.63, 3.8) is 0 Å². The van der Waals surface area contributed by atoms with Crippen molar-refractivity contribution in [3.05, 3.63) is 65.6 Å². The molecule has 4 aromatic rings. The molecule has 150 valence electrons. The van der Waals surface area contributed by atoms with Gasteiger partial charge in [-0.05, 0) is 57.9 Å². The van der Waals surface area contributed by atoms with E-state index in [9.17, 15) is 4.39 Å². The first-order chi connectivity index (χ1) is 14.0. The molecule has 0 aliphatic carbocycles. The van der Waals surface area contributed by atoms with Gasteiger partial charge in [-0.15, -0.1) is 10.2 Å². The minimum absolute atomic E-state index is 0.252. The molecule has 0 aliphatic heterocycles. The second-order valence-electron chi connectivity index (χ2n) is 7.39. The van der Waals surface area contributed by atoms with Crippen LogP contribution in [0.1, 0.15) is 36.8 Å². The van der Waals surface area contributed by atoms with E-state index in [1.165, 1.54) is 6.07 Å². The summed E-state index contributed by atoms with van der Waals surface area (Å²) >= 11 is 0. The highest BCUT2D eigenvalue weighted by atomic mass is 19.1. The third kappa shape index (κ3) is 3.48. The molecule has 4 rings (SSSR count). The van der Waals surface area contributed by atoms with Crippen LogP contribution in [0.3, 0.4) is 0 Å². The molecule has 0 aliphatic rings. The minimum atomic E-state index is -0.252. The first kappa shape index (κ1) is 19.1. The number of pyridine rings is 1. The maximum atomic E-state index is 14.3. The van der Waals surface area contributed by atoms with Crippen molar-refractivity contribution in [1.82, 2.24) is 24.4 Å². The molecule has 3 aromatic heterocycles. The van der Waals surface area contributed by atoms with Crippen LogP contribution in [0.15, 0.2) is 42.9 Å². The molecule has 0 amide bonds. The first-order valence-corrected chi connectivity index (χ1v) is 9.68. The van der Waals surface area contributed by atoms with E-state index in [1.54, 1.807) is 25.6 Å². The third-order valence-corrected chi connectivity index (χ3v) is 5.20. The average Bonchev–Trinajstić information content (AvgIpc) is 3.34. The summed E-state index contributed by atoms with van der Waals surface area (Å²) in [5, 5.41) is 13.1. The zero-order valence-electron chi connectivity index (χ0n) is 17.1. The Morgan fingerprint density at radius 3 is 2.66 bits per heavy atom. The fourth-order valence-corrected chi connectivity index (χ4v) is 3.61. The highest BCUT2D eigenvalue weighted by Gasteiger charge is 2.16. The number of aryl methyl sites for hydroxylation is 2. The van der Waals surface area contributed by atoms with Gasteiger partial charge >= 0.3 is 0 Å². The van der Waals surface area contributed by atoms with Crippen LogP contribution in [0, 0.1) is 12.7 Å². The predicted octanol–water partition coefficient (Wildman–Crippen LogP) is 4.42.